The standard InChI is InChI=1S/C21H20F2N2O4/c1-27-18-13-15(8-9-16(18)29-21(22)23)20(26)25-11-4-12-28-17-7-2-5-14-6-3-10-24-19(14)17/h2-3,5-10,13,21H,4,11-12H2,1H3,(H,25,26). The van der Waals surface area contributed by atoms with Crippen molar-refractivity contribution in [1.29, 1.82) is 0 Å². The van der Waals surface area contributed by atoms with Gasteiger partial charge in [0.05, 0.1) is 13.7 Å². The van der Waals surface area contributed by atoms with Gasteiger partial charge in [0.15, 0.2) is 11.5 Å². The first-order chi connectivity index (χ1) is 14.1. The van der Waals surface area contributed by atoms with E-state index < -0.39 is 6.61 Å². The van der Waals surface area contributed by atoms with Crippen LogP contribution in [0.15, 0.2) is 54.7 Å². The number of para-hydroxylation sites is 1. The summed E-state index contributed by atoms with van der Waals surface area (Å²) in [5, 5.41) is 3.75. The fourth-order valence-corrected chi connectivity index (χ4v) is 2.75. The van der Waals surface area contributed by atoms with Gasteiger partial charge >= 0.3 is 6.61 Å². The molecule has 1 heterocycles. The molecular weight excluding hydrogens is 382 g/mol. The van der Waals surface area contributed by atoms with E-state index in [-0.39, 0.29) is 23.0 Å². The van der Waals surface area contributed by atoms with Crippen LogP contribution in [0.4, 0.5) is 8.78 Å². The van der Waals surface area contributed by atoms with E-state index in [1.165, 1.54) is 25.3 Å². The van der Waals surface area contributed by atoms with Gasteiger partial charge in [0.1, 0.15) is 11.3 Å². The summed E-state index contributed by atoms with van der Waals surface area (Å²) in [5.74, 6) is 0.272. The molecule has 2 aromatic carbocycles. The summed E-state index contributed by atoms with van der Waals surface area (Å²) in [5.41, 5.74) is 1.07. The molecule has 1 N–H and O–H groups in total. The highest BCUT2D eigenvalue weighted by atomic mass is 19.3. The lowest BCUT2D eigenvalue weighted by molar-refractivity contribution is -0.0512. The van der Waals surface area contributed by atoms with Crippen molar-refractivity contribution in [1.82, 2.24) is 10.3 Å². The number of nitrogens with zero attached hydrogens (tertiary/aromatic N) is 1. The van der Waals surface area contributed by atoms with Gasteiger partial charge in [-0.1, -0.05) is 18.2 Å². The summed E-state index contributed by atoms with van der Waals surface area (Å²) in [6.45, 7) is -2.18. The Morgan fingerprint density at radius 3 is 2.72 bits per heavy atom. The van der Waals surface area contributed by atoms with Gasteiger partial charge in [-0.3, -0.25) is 9.78 Å². The first-order valence-corrected chi connectivity index (χ1v) is 8.96. The van der Waals surface area contributed by atoms with Gasteiger partial charge in [-0.25, -0.2) is 0 Å². The van der Waals surface area contributed by atoms with Crippen LogP contribution in [0.5, 0.6) is 17.2 Å². The zero-order valence-corrected chi connectivity index (χ0v) is 15.7. The number of methoxy groups -OCH3 is 1. The lowest BCUT2D eigenvalue weighted by Gasteiger charge is -2.12. The van der Waals surface area contributed by atoms with Gasteiger partial charge in [0.25, 0.3) is 5.91 Å². The number of carbonyl (C=O) groups excluding carboxylic acids is 1. The Morgan fingerprint density at radius 1 is 1.10 bits per heavy atom. The number of alkyl halides is 2. The number of pyridine rings is 1. The number of hydrogen-bond donors (Lipinski definition) is 1. The molecule has 1 amide bonds. The van der Waals surface area contributed by atoms with E-state index in [2.05, 4.69) is 15.0 Å². The van der Waals surface area contributed by atoms with Crippen LogP contribution in [0, 0.1) is 0 Å². The maximum Gasteiger partial charge on any atom is 0.387 e. The third kappa shape index (κ3) is 5.31. The second kappa shape index (κ2) is 9.68. The van der Waals surface area contributed by atoms with Crippen molar-refractivity contribution in [3.63, 3.8) is 0 Å². The Hall–Kier alpha value is -3.42. The lowest BCUT2D eigenvalue weighted by atomic mass is 10.2. The molecule has 0 unspecified atom stereocenters. The van der Waals surface area contributed by atoms with Crippen LogP contribution < -0.4 is 19.5 Å². The minimum Gasteiger partial charge on any atom is -0.493 e. The minimum atomic E-state index is -2.97. The number of fused-ring (bicyclic) bond motifs is 1. The second-order valence-electron chi connectivity index (χ2n) is 6.03. The van der Waals surface area contributed by atoms with Crippen LogP contribution in [-0.4, -0.2) is 37.8 Å². The molecule has 8 heteroatoms. The fourth-order valence-electron chi connectivity index (χ4n) is 2.75. The van der Waals surface area contributed by atoms with E-state index in [9.17, 15) is 13.6 Å². The van der Waals surface area contributed by atoms with Gasteiger partial charge in [-0.15, -0.1) is 0 Å². The summed E-state index contributed by atoms with van der Waals surface area (Å²) in [6.07, 6.45) is 2.29. The van der Waals surface area contributed by atoms with Crippen LogP contribution in [0.1, 0.15) is 16.8 Å². The SMILES string of the molecule is COc1cc(C(=O)NCCCOc2cccc3cccnc23)ccc1OC(F)F. The summed E-state index contributed by atoms with van der Waals surface area (Å²) in [7, 11) is 1.31. The maximum atomic E-state index is 12.4. The zero-order chi connectivity index (χ0) is 20.6. The number of rotatable bonds is 9. The molecule has 6 nitrogen and oxygen atoms in total. The van der Waals surface area contributed by atoms with E-state index in [4.69, 9.17) is 9.47 Å². The van der Waals surface area contributed by atoms with Crippen molar-refractivity contribution < 1.29 is 27.8 Å². The smallest absolute Gasteiger partial charge is 0.387 e. The normalized spacial score (nSPS) is 10.8. The lowest BCUT2D eigenvalue weighted by Crippen LogP contribution is -2.25. The summed E-state index contributed by atoms with van der Waals surface area (Å²) >= 11 is 0. The summed E-state index contributed by atoms with van der Waals surface area (Å²) in [6, 6.07) is 13.6. The van der Waals surface area contributed by atoms with E-state index >= 15 is 0 Å². The molecule has 3 aromatic rings. The number of amides is 1. The van der Waals surface area contributed by atoms with E-state index in [1.807, 2.05) is 30.3 Å². The topological polar surface area (TPSA) is 69.7 Å². The van der Waals surface area contributed by atoms with Crippen LogP contribution >= 0.6 is 0 Å². The van der Waals surface area contributed by atoms with Gasteiger partial charge in [-0.05, 0) is 36.8 Å². The molecule has 0 spiro atoms. The first kappa shape index (κ1) is 20.3. The van der Waals surface area contributed by atoms with Crippen molar-refractivity contribution in [3.05, 3.63) is 60.3 Å². The molecular formula is C21H20F2N2O4. The molecule has 0 fully saturated rings. The van der Waals surface area contributed by atoms with Crippen LogP contribution in [-0.2, 0) is 0 Å². The molecule has 0 saturated heterocycles. The van der Waals surface area contributed by atoms with E-state index in [0.29, 0.717) is 25.3 Å². The summed E-state index contributed by atoms with van der Waals surface area (Å²) < 4.78 is 39.9. The highest BCUT2D eigenvalue weighted by Gasteiger charge is 2.14. The van der Waals surface area contributed by atoms with E-state index in [1.54, 1.807) is 6.20 Å². The molecule has 0 aliphatic heterocycles. The minimum absolute atomic E-state index is 0.0599. The number of nitrogens with one attached hydrogen (secondary N) is 1. The molecule has 0 atom stereocenters. The number of hydrogen-bond acceptors (Lipinski definition) is 5. The van der Waals surface area contributed by atoms with Crippen molar-refractivity contribution in [2.75, 3.05) is 20.3 Å². The number of aromatic nitrogens is 1. The fraction of sp³-hybridized carbons (Fsp3) is 0.238. The highest BCUT2D eigenvalue weighted by Crippen LogP contribution is 2.29. The van der Waals surface area contributed by atoms with Crippen molar-refractivity contribution >= 4 is 16.8 Å². The Bertz CT molecular complexity index is 977. The molecule has 0 saturated carbocycles. The molecule has 3 rings (SSSR count). The third-order valence-corrected chi connectivity index (χ3v) is 4.10. The first-order valence-electron chi connectivity index (χ1n) is 8.96. The van der Waals surface area contributed by atoms with Crippen molar-refractivity contribution in [2.45, 2.75) is 13.0 Å². The van der Waals surface area contributed by atoms with Crippen molar-refractivity contribution in [2.24, 2.45) is 0 Å². The van der Waals surface area contributed by atoms with Gasteiger partial charge < -0.3 is 19.5 Å². The van der Waals surface area contributed by atoms with E-state index in [0.717, 1.165) is 10.9 Å². The monoisotopic (exact) mass is 402 g/mol. The number of ether oxygens (including phenoxy) is 3. The van der Waals surface area contributed by atoms with Crippen molar-refractivity contribution in [3.8, 4) is 17.2 Å². The predicted octanol–water partition coefficient (Wildman–Crippen LogP) is 4.04. The second-order valence-corrected chi connectivity index (χ2v) is 6.03. The number of halogens is 2. The zero-order valence-electron chi connectivity index (χ0n) is 15.7. The van der Waals surface area contributed by atoms with Crippen LogP contribution in [0.25, 0.3) is 10.9 Å². The highest BCUT2D eigenvalue weighted by molar-refractivity contribution is 5.94. The quantitative estimate of drug-likeness (QED) is 0.547. The molecule has 0 aliphatic carbocycles. The largest absolute Gasteiger partial charge is 0.493 e. The molecule has 29 heavy (non-hydrogen) atoms. The number of benzene rings is 2. The molecule has 1 aromatic heterocycles. The molecule has 0 aliphatic rings. The number of carbonyl (C=O) groups is 1. The maximum absolute atomic E-state index is 12.4. The van der Waals surface area contributed by atoms with Crippen LogP contribution in [0.2, 0.25) is 0 Å². The summed E-state index contributed by atoms with van der Waals surface area (Å²) in [4.78, 5) is 16.6. The third-order valence-electron chi connectivity index (χ3n) is 4.10. The average Bonchev–Trinajstić information content (AvgIpc) is 2.73. The Kier molecular flexibility index (Phi) is 6.78. The molecule has 0 bridgehead atoms. The van der Waals surface area contributed by atoms with Crippen LogP contribution in [0.3, 0.4) is 0 Å². The predicted molar refractivity (Wildman–Crippen MR) is 104 cm³/mol. The van der Waals surface area contributed by atoms with Gasteiger partial charge in [0.2, 0.25) is 0 Å². The Labute approximate surface area is 166 Å². The Morgan fingerprint density at radius 2 is 1.93 bits per heavy atom. The Balaban J connectivity index is 1.50. The molecule has 0 radical (unpaired) electrons. The average molecular weight is 402 g/mol. The van der Waals surface area contributed by atoms with Gasteiger partial charge in [-0.2, -0.15) is 8.78 Å². The molecule has 152 valence electrons. The van der Waals surface area contributed by atoms with Gasteiger partial charge in [0, 0.05) is 23.7 Å².